The second kappa shape index (κ2) is 6.12. The maximum Gasteiger partial charge on any atom is 0.102 e. The highest BCUT2D eigenvalue weighted by Gasteiger charge is 2.17. The van der Waals surface area contributed by atoms with Crippen molar-refractivity contribution in [2.24, 2.45) is 7.05 Å². The highest BCUT2D eigenvalue weighted by Crippen LogP contribution is 2.33. The molecule has 4 rings (SSSR count). The van der Waals surface area contributed by atoms with E-state index in [1.54, 1.807) is 6.20 Å². The Kier molecular flexibility index (Phi) is 3.79. The highest BCUT2D eigenvalue weighted by atomic mass is 35.5. The molecule has 0 aliphatic rings. The maximum atomic E-state index is 9.72. The summed E-state index contributed by atoms with van der Waals surface area (Å²) in [6, 6.07) is 14.0. The number of hydrogen-bond donors (Lipinski definition) is 0. The first-order chi connectivity index (χ1) is 12.2. The van der Waals surface area contributed by atoms with E-state index in [1.165, 1.54) is 0 Å². The van der Waals surface area contributed by atoms with Crippen molar-refractivity contribution in [3.63, 3.8) is 0 Å². The van der Waals surface area contributed by atoms with Crippen LogP contribution >= 0.6 is 11.6 Å². The Bertz CT molecular complexity index is 1100. The van der Waals surface area contributed by atoms with E-state index >= 15 is 0 Å². The van der Waals surface area contributed by atoms with Crippen molar-refractivity contribution in [3.8, 4) is 17.3 Å². The number of nitrogens with zero attached hydrogens (tertiary/aromatic N) is 4. The summed E-state index contributed by atoms with van der Waals surface area (Å²) >= 11 is 6.13. The zero-order valence-electron chi connectivity index (χ0n) is 13.6. The first-order valence-corrected chi connectivity index (χ1v) is 8.28. The van der Waals surface area contributed by atoms with Gasteiger partial charge in [-0.25, -0.2) is 0 Å². The average molecular weight is 347 g/mol. The van der Waals surface area contributed by atoms with E-state index < -0.39 is 0 Å². The van der Waals surface area contributed by atoms with Gasteiger partial charge in [0.25, 0.3) is 0 Å². The van der Waals surface area contributed by atoms with E-state index in [0.29, 0.717) is 10.6 Å². The van der Waals surface area contributed by atoms with E-state index in [0.717, 1.165) is 34.3 Å². The lowest BCUT2D eigenvalue weighted by Gasteiger charge is -2.08. The first-order valence-electron chi connectivity index (χ1n) is 7.90. The molecule has 25 heavy (non-hydrogen) atoms. The number of pyridine rings is 1. The lowest BCUT2D eigenvalue weighted by molar-refractivity contribution is 0.802. The average Bonchev–Trinajstić information content (AvgIpc) is 3.21. The zero-order valence-corrected chi connectivity index (χ0v) is 14.4. The van der Waals surface area contributed by atoms with Gasteiger partial charge in [0.1, 0.15) is 6.07 Å². The van der Waals surface area contributed by atoms with E-state index in [1.807, 2.05) is 60.5 Å². The molecule has 4 aromatic rings. The third-order valence-corrected chi connectivity index (χ3v) is 4.61. The van der Waals surface area contributed by atoms with Crippen LogP contribution in [-0.2, 0) is 13.6 Å². The molecule has 5 heteroatoms. The molecule has 0 saturated heterocycles. The molecule has 0 aliphatic carbocycles. The largest absolute Gasteiger partial charge is 0.350 e. The molecule has 0 saturated carbocycles. The highest BCUT2D eigenvalue weighted by molar-refractivity contribution is 6.31. The van der Waals surface area contributed by atoms with Crippen molar-refractivity contribution in [2.75, 3.05) is 0 Å². The van der Waals surface area contributed by atoms with Crippen LogP contribution in [-0.4, -0.2) is 14.1 Å². The molecule has 0 N–H and O–H groups in total. The summed E-state index contributed by atoms with van der Waals surface area (Å²) in [6.45, 7) is 0.742. The minimum Gasteiger partial charge on any atom is -0.350 e. The van der Waals surface area contributed by atoms with Crippen LogP contribution in [0.25, 0.3) is 22.2 Å². The second-order valence-electron chi connectivity index (χ2n) is 5.99. The molecule has 0 amide bonds. The van der Waals surface area contributed by atoms with Crippen molar-refractivity contribution in [1.29, 1.82) is 5.26 Å². The van der Waals surface area contributed by atoms with E-state index in [9.17, 15) is 5.26 Å². The van der Waals surface area contributed by atoms with E-state index in [-0.39, 0.29) is 0 Å². The molecule has 0 unspecified atom stereocenters. The molecule has 0 aliphatic heterocycles. The Labute approximate surface area is 150 Å². The summed E-state index contributed by atoms with van der Waals surface area (Å²) in [5.41, 5.74) is 4.46. The Morgan fingerprint density at radius 1 is 1.16 bits per heavy atom. The maximum absolute atomic E-state index is 9.72. The van der Waals surface area contributed by atoms with Gasteiger partial charge in [0.15, 0.2) is 0 Å². The third kappa shape index (κ3) is 2.69. The van der Waals surface area contributed by atoms with Crippen LogP contribution in [0, 0.1) is 11.3 Å². The summed E-state index contributed by atoms with van der Waals surface area (Å²) in [6.07, 6.45) is 7.70. The van der Waals surface area contributed by atoms with Crippen molar-refractivity contribution >= 4 is 22.5 Å². The SMILES string of the molecule is Cn1c(-c2cncc(Cn3cccc3)c2)c(C#N)c2ccc(Cl)cc21. The molecular formula is C20H15ClN4. The van der Waals surface area contributed by atoms with Gasteiger partial charge in [-0.15, -0.1) is 0 Å². The lowest BCUT2D eigenvalue weighted by Crippen LogP contribution is -1.99. The predicted molar refractivity (Wildman–Crippen MR) is 99.4 cm³/mol. The molecule has 0 radical (unpaired) electrons. The minimum atomic E-state index is 0.647. The van der Waals surface area contributed by atoms with Crippen LogP contribution in [0.15, 0.2) is 61.2 Å². The predicted octanol–water partition coefficient (Wildman–Crippen LogP) is 4.62. The Balaban J connectivity index is 1.87. The van der Waals surface area contributed by atoms with Crippen LogP contribution in [0.5, 0.6) is 0 Å². The lowest BCUT2D eigenvalue weighted by atomic mass is 10.1. The standard InChI is InChI=1S/C20H15ClN4/c1-24-19-9-16(21)4-5-17(19)18(10-22)20(24)15-8-14(11-23-12-15)13-25-6-2-3-7-25/h2-9,11-12H,13H2,1H3. The van der Waals surface area contributed by atoms with Gasteiger partial charge >= 0.3 is 0 Å². The number of rotatable bonds is 3. The molecule has 0 bridgehead atoms. The van der Waals surface area contributed by atoms with Gasteiger partial charge in [0, 0.05) is 54.4 Å². The second-order valence-corrected chi connectivity index (χ2v) is 6.43. The fourth-order valence-electron chi connectivity index (χ4n) is 3.25. The number of benzene rings is 1. The van der Waals surface area contributed by atoms with Gasteiger partial charge in [-0.05, 0) is 42.0 Å². The molecule has 122 valence electrons. The molecule has 0 atom stereocenters. The Hall–Kier alpha value is -3.03. The molecule has 3 heterocycles. The van der Waals surface area contributed by atoms with Crippen LogP contribution in [0.4, 0.5) is 0 Å². The smallest absolute Gasteiger partial charge is 0.102 e. The van der Waals surface area contributed by atoms with Crippen molar-refractivity contribution in [3.05, 3.63) is 77.3 Å². The first kappa shape index (κ1) is 15.5. The molecular weight excluding hydrogens is 332 g/mol. The van der Waals surface area contributed by atoms with Crippen LogP contribution < -0.4 is 0 Å². The number of nitriles is 1. The number of aromatic nitrogens is 3. The Morgan fingerprint density at radius 3 is 2.72 bits per heavy atom. The normalized spacial score (nSPS) is 10.9. The monoisotopic (exact) mass is 346 g/mol. The minimum absolute atomic E-state index is 0.647. The summed E-state index contributed by atoms with van der Waals surface area (Å²) < 4.78 is 4.10. The summed E-state index contributed by atoms with van der Waals surface area (Å²) in [5, 5.41) is 11.3. The van der Waals surface area contributed by atoms with Crippen LogP contribution in [0.1, 0.15) is 11.1 Å². The van der Waals surface area contributed by atoms with Crippen LogP contribution in [0.3, 0.4) is 0 Å². The van der Waals surface area contributed by atoms with Gasteiger partial charge in [0.05, 0.1) is 16.8 Å². The van der Waals surface area contributed by atoms with Crippen LogP contribution in [0.2, 0.25) is 5.02 Å². The molecule has 0 spiro atoms. The Morgan fingerprint density at radius 2 is 1.96 bits per heavy atom. The van der Waals surface area contributed by atoms with Gasteiger partial charge < -0.3 is 9.13 Å². The molecule has 1 aromatic carbocycles. The van der Waals surface area contributed by atoms with Gasteiger partial charge in [-0.1, -0.05) is 11.6 Å². The molecule has 4 nitrogen and oxygen atoms in total. The topological polar surface area (TPSA) is 46.5 Å². The summed E-state index contributed by atoms with van der Waals surface area (Å²) in [5.74, 6) is 0. The number of hydrogen-bond acceptors (Lipinski definition) is 2. The molecule has 0 fully saturated rings. The third-order valence-electron chi connectivity index (χ3n) is 4.37. The van der Waals surface area contributed by atoms with Crippen molar-refractivity contribution in [1.82, 2.24) is 14.1 Å². The van der Waals surface area contributed by atoms with Crippen molar-refractivity contribution < 1.29 is 0 Å². The number of fused-ring (bicyclic) bond motifs is 1. The van der Waals surface area contributed by atoms with E-state index in [2.05, 4.69) is 21.7 Å². The molecule has 3 aromatic heterocycles. The van der Waals surface area contributed by atoms with Gasteiger partial charge in [0.2, 0.25) is 0 Å². The quantitative estimate of drug-likeness (QED) is 0.543. The zero-order chi connectivity index (χ0) is 17.4. The fourth-order valence-corrected chi connectivity index (χ4v) is 3.42. The van der Waals surface area contributed by atoms with Gasteiger partial charge in [-0.2, -0.15) is 5.26 Å². The fraction of sp³-hybridized carbons (Fsp3) is 0.100. The number of aryl methyl sites for hydroxylation is 1. The summed E-state index contributed by atoms with van der Waals surface area (Å²) in [7, 11) is 1.95. The van der Waals surface area contributed by atoms with E-state index in [4.69, 9.17) is 11.6 Å². The number of halogens is 1. The summed E-state index contributed by atoms with van der Waals surface area (Å²) in [4.78, 5) is 4.38. The van der Waals surface area contributed by atoms with Crippen molar-refractivity contribution in [2.45, 2.75) is 6.54 Å². The van der Waals surface area contributed by atoms with Gasteiger partial charge in [-0.3, -0.25) is 4.98 Å².